The van der Waals surface area contributed by atoms with Gasteiger partial charge in [-0.05, 0) is 37.0 Å². The fourth-order valence-electron chi connectivity index (χ4n) is 3.78. The van der Waals surface area contributed by atoms with Crippen molar-refractivity contribution >= 4 is 23.5 Å². The van der Waals surface area contributed by atoms with Gasteiger partial charge < -0.3 is 15.3 Å². The minimum atomic E-state index is -0.842. The number of hydrogen-bond donors (Lipinski definition) is 2. The van der Waals surface area contributed by atoms with Crippen LogP contribution in [0.25, 0.3) is 0 Å². The third-order valence-corrected chi connectivity index (χ3v) is 5.12. The van der Waals surface area contributed by atoms with Crippen LogP contribution < -0.4 is 5.32 Å². The number of likely N-dealkylation sites (tertiary alicyclic amines) is 1. The van der Waals surface area contributed by atoms with Crippen LogP contribution in [0.5, 0.6) is 0 Å². The van der Waals surface area contributed by atoms with E-state index in [1.807, 2.05) is 11.0 Å². The molecule has 0 radical (unpaired) electrons. The van der Waals surface area contributed by atoms with Crippen molar-refractivity contribution in [2.24, 2.45) is 5.92 Å². The number of rotatable bonds is 6. The van der Waals surface area contributed by atoms with Gasteiger partial charge >= 0.3 is 5.97 Å². The first-order chi connectivity index (χ1) is 12.0. The molecule has 134 valence electrons. The topological polar surface area (TPSA) is 86.7 Å². The Kier molecular flexibility index (Phi) is 5.36. The zero-order valence-corrected chi connectivity index (χ0v) is 14.2. The Morgan fingerprint density at radius 2 is 2.00 bits per heavy atom. The van der Waals surface area contributed by atoms with Crippen LogP contribution in [-0.2, 0) is 20.8 Å². The van der Waals surface area contributed by atoms with Crippen LogP contribution in [0, 0.1) is 5.92 Å². The van der Waals surface area contributed by atoms with E-state index in [2.05, 4.69) is 5.32 Å². The molecule has 1 saturated carbocycles. The average Bonchev–Trinajstić information content (AvgIpc) is 3.22. The van der Waals surface area contributed by atoms with Gasteiger partial charge in [0.15, 0.2) is 0 Å². The molecule has 1 saturated heterocycles. The van der Waals surface area contributed by atoms with E-state index in [-0.39, 0.29) is 30.6 Å². The molecule has 2 amide bonds. The fraction of sp³-hybridized carbons (Fsp3) is 0.526. The smallest absolute Gasteiger partial charge is 0.303 e. The third kappa shape index (κ3) is 4.38. The lowest BCUT2D eigenvalue weighted by Gasteiger charge is -2.23. The number of carbonyl (C=O) groups is 3. The number of aryl methyl sites for hydroxylation is 1. The third-order valence-electron chi connectivity index (χ3n) is 5.12. The second-order valence-electron chi connectivity index (χ2n) is 6.97. The SMILES string of the molecule is O=C(O)CCc1cccc(NC(=O)C2CC(=O)N(C3CCCC3)C2)c1. The Balaban J connectivity index is 1.58. The van der Waals surface area contributed by atoms with E-state index >= 15 is 0 Å². The highest BCUT2D eigenvalue weighted by Gasteiger charge is 2.38. The van der Waals surface area contributed by atoms with Crippen LogP contribution in [0.4, 0.5) is 5.69 Å². The number of benzene rings is 1. The first-order valence-electron chi connectivity index (χ1n) is 8.94. The van der Waals surface area contributed by atoms with Crippen molar-refractivity contribution in [3.8, 4) is 0 Å². The summed E-state index contributed by atoms with van der Waals surface area (Å²) >= 11 is 0. The largest absolute Gasteiger partial charge is 0.481 e. The summed E-state index contributed by atoms with van der Waals surface area (Å²) in [4.78, 5) is 37.3. The molecule has 1 aromatic carbocycles. The molecule has 1 heterocycles. The normalized spacial score (nSPS) is 20.9. The Bertz CT molecular complexity index is 667. The summed E-state index contributed by atoms with van der Waals surface area (Å²) in [5.74, 6) is -1.20. The summed E-state index contributed by atoms with van der Waals surface area (Å²) in [7, 11) is 0. The molecule has 1 atom stereocenters. The first-order valence-corrected chi connectivity index (χ1v) is 8.94. The monoisotopic (exact) mass is 344 g/mol. The number of carbonyl (C=O) groups excluding carboxylic acids is 2. The molecule has 2 N–H and O–H groups in total. The van der Waals surface area contributed by atoms with Gasteiger partial charge in [-0.15, -0.1) is 0 Å². The molecular weight excluding hydrogens is 320 g/mol. The highest BCUT2D eigenvalue weighted by molar-refractivity contribution is 5.97. The van der Waals surface area contributed by atoms with Crippen molar-refractivity contribution in [3.05, 3.63) is 29.8 Å². The van der Waals surface area contributed by atoms with Gasteiger partial charge in [-0.1, -0.05) is 25.0 Å². The molecule has 6 nitrogen and oxygen atoms in total. The van der Waals surface area contributed by atoms with Gasteiger partial charge in [0, 0.05) is 31.1 Å². The van der Waals surface area contributed by atoms with Gasteiger partial charge in [0.25, 0.3) is 0 Å². The molecule has 1 aliphatic heterocycles. The van der Waals surface area contributed by atoms with E-state index in [0.717, 1.165) is 31.2 Å². The van der Waals surface area contributed by atoms with Crippen molar-refractivity contribution in [3.63, 3.8) is 0 Å². The summed E-state index contributed by atoms with van der Waals surface area (Å²) in [6, 6.07) is 7.54. The van der Waals surface area contributed by atoms with Crippen LogP contribution in [0.3, 0.4) is 0 Å². The van der Waals surface area contributed by atoms with E-state index in [1.165, 1.54) is 0 Å². The van der Waals surface area contributed by atoms with Crippen LogP contribution in [0.2, 0.25) is 0 Å². The van der Waals surface area contributed by atoms with Gasteiger partial charge in [0.05, 0.1) is 5.92 Å². The van der Waals surface area contributed by atoms with E-state index in [9.17, 15) is 14.4 Å². The van der Waals surface area contributed by atoms with Crippen LogP contribution in [-0.4, -0.2) is 40.4 Å². The number of nitrogens with one attached hydrogen (secondary N) is 1. The summed E-state index contributed by atoms with van der Waals surface area (Å²) in [5, 5.41) is 11.6. The number of carboxylic acids is 1. The summed E-state index contributed by atoms with van der Waals surface area (Å²) in [5.41, 5.74) is 1.52. The fourth-order valence-corrected chi connectivity index (χ4v) is 3.78. The van der Waals surface area contributed by atoms with Gasteiger partial charge in [-0.2, -0.15) is 0 Å². The van der Waals surface area contributed by atoms with E-state index in [4.69, 9.17) is 5.11 Å². The van der Waals surface area contributed by atoms with Crippen molar-refractivity contribution in [2.75, 3.05) is 11.9 Å². The second-order valence-corrected chi connectivity index (χ2v) is 6.97. The molecular formula is C19H24N2O4. The molecule has 0 bridgehead atoms. The summed E-state index contributed by atoms with van der Waals surface area (Å²) < 4.78 is 0. The van der Waals surface area contributed by atoms with Gasteiger partial charge in [-0.25, -0.2) is 0 Å². The summed E-state index contributed by atoms with van der Waals surface area (Å²) in [6.45, 7) is 0.508. The first kappa shape index (κ1) is 17.5. The second kappa shape index (κ2) is 7.68. The summed E-state index contributed by atoms with van der Waals surface area (Å²) in [6.07, 6.45) is 5.18. The minimum Gasteiger partial charge on any atom is -0.481 e. The van der Waals surface area contributed by atoms with Crippen molar-refractivity contribution < 1.29 is 19.5 Å². The zero-order valence-electron chi connectivity index (χ0n) is 14.2. The van der Waals surface area contributed by atoms with Crippen molar-refractivity contribution in [1.29, 1.82) is 0 Å². The molecule has 2 aliphatic rings. The van der Waals surface area contributed by atoms with Gasteiger partial charge in [-0.3, -0.25) is 14.4 Å². The van der Waals surface area contributed by atoms with E-state index in [1.54, 1.807) is 18.2 Å². The minimum absolute atomic E-state index is 0.0604. The zero-order chi connectivity index (χ0) is 17.8. The highest BCUT2D eigenvalue weighted by Crippen LogP contribution is 2.30. The maximum absolute atomic E-state index is 12.5. The lowest BCUT2D eigenvalue weighted by molar-refractivity contribution is -0.137. The molecule has 3 rings (SSSR count). The van der Waals surface area contributed by atoms with Crippen molar-refractivity contribution in [1.82, 2.24) is 4.90 Å². The molecule has 2 fully saturated rings. The molecule has 25 heavy (non-hydrogen) atoms. The van der Waals surface area contributed by atoms with Gasteiger partial charge in [0.2, 0.25) is 11.8 Å². The van der Waals surface area contributed by atoms with Crippen LogP contribution in [0.1, 0.15) is 44.1 Å². The number of hydrogen-bond acceptors (Lipinski definition) is 3. The number of anilines is 1. The van der Waals surface area contributed by atoms with Crippen molar-refractivity contribution in [2.45, 2.75) is 51.0 Å². The Labute approximate surface area is 147 Å². The molecule has 0 aromatic heterocycles. The molecule has 1 unspecified atom stereocenters. The number of amides is 2. The average molecular weight is 344 g/mol. The van der Waals surface area contributed by atoms with Crippen LogP contribution >= 0.6 is 0 Å². The number of aliphatic carboxylic acids is 1. The number of nitrogens with zero attached hydrogens (tertiary/aromatic N) is 1. The predicted octanol–water partition coefficient (Wildman–Crippen LogP) is 2.43. The standard InChI is InChI=1S/C19H24N2O4/c22-17-11-14(12-21(17)16-6-1-2-7-16)19(25)20-15-5-3-4-13(10-15)8-9-18(23)24/h3-5,10,14,16H,1-2,6-9,11-12H2,(H,20,25)(H,23,24). The van der Waals surface area contributed by atoms with E-state index < -0.39 is 5.97 Å². The quantitative estimate of drug-likeness (QED) is 0.830. The Hall–Kier alpha value is -2.37. The lowest BCUT2D eigenvalue weighted by Crippen LogP contribution is -2.35. The maximum atomic E-state index is 12.5. The molecule has 1 aliphatic carbocycles. The maximum Gasteiger partial charge on any atom is 0.303 e. The lowest BCUT2D eigenvalue weighted by atomic mass is 10.1. The Morgan fingerprint density at radius 1 is 1.24 bits per heavy atom. The van der Waals surface area contributed by atoms with Crippen LogP contribution in [0.15, 0.2) is 24.3 Å². The van der Waals surface area contributed by atoms with E-state index in [0.29, 0.717) is 24.7 Å². The number of carboxylic acid groups (broad SMARTS) is 1. The predicted molar refractivity (Wildman–Crippen MR) is 93.1 cm³/mol. The highest BCUT2D eigenvalue weighted by atomic mass is 16.4. The molecule has 0 spiro atoms. The Morgan fingerprint density at radius 3 is 2.72 bits per heavy atom. The molecule has 6 heteroatoms. The molecule has 1 aromatic rings. The van der Waals surface area contributed by atoms with Gasteiger partial charge in [0.1, 0.15) is 0 Å².